The van der Waals surface area contributed by atoms with Crippen molar-refractivity contribution in [2.75, 3.05) is 40.4 Å². The summed E-state index contributed by atoms with van der Waals surface area (Å²) in [7, 11) is 3.36. The fraction of sp³-hybridized carbons (Fsp3) is 0.450. The number of amides is 1. The van der Waals surface area contributed by atoms with Gasteiger partial charge in [-0.15, -0.1) is 0 Å². The van der Waals surface area contributed by atoms with E-state index >= 15 is 0 Å². The Morgan fingerprint density at radius 2 is 2.04 bits per heavy atom. The Bertz CT molecular complexity index is 715. The Morgan fingerprint density at radius 1 is 1.15 bits per heavy atom. The van der Waals surface area contributed by atoms with Crippen LogP contribution in [0.25, 0.3) is 0 Å². The molecule has 0 saturated carbocycles. The molecular formula is C20H26N2O4. The average molecular weight is 358 g/mol. The molecule has 0 radical (unpaired) electrons. The summed E-state index contributed by atoms with van der Waals surface area (Å²) < 4.78 is 15.7. The minimum Gasteiger partial charge on any atom is -0.496 e. The van der Waals surface area contributed by atoms with Gasteiger partial charge in [0.05, 0.1) is 25.5 Å². The number of nitrogens with zero attached hydrogens (tertiary/aromatic N) is 2. The first-order chi connectivity index (χ1) is 12.7. The minimum absolute atomic E-state index is 0.0485. The first-order valence-electron chi connectivity index (χ1n) is 8.90. The first kappa shape index (κ1) is 18.5. The van der Waals surface area contributed by atoms with E-state index in [9.17, 15) is 4.79 Å². The molecule has 3 rings (SSSR count). The van der Waals surface area contributed by atoms with Crippen molar-refractivity contribution in [2.45, 2.75) is 19.6 Å². The van der Waals surface area contributed by atoms with Crippen LogP contribution in [0, 0.1) is 0 Å². The molecule has 1 aliphatic heterocycles. The number of carbonyl (C=O) groups excluding carboxylic acids is 1. The summed E-state index contributed by atoms with van der Waals surface area (Å²) in [5.41, 5.74) is 2.91. The maximum Gasteiger partial charge on any atom is 0.257 e. The molecule has 26 heavy (non-hydrogen) atoms. The van der Waals surface area contributed by atoms with Crippen LogP contribution >= 0.6 is 0 Å². The number of benzene rings is 1. The zero-order valence-corrected chi connectivity index (χ0v) is 15.4. The van der Waals surface area contributed by atoms with Gasteiger partial charge in [-0.3, -0.25) is 9.69 Å². The molecule has 2 heterocycles. The highest BCUT2D eigenvalue weighted by Crippen LogP contribution is 2.22. The van der Waals surface area contributed by atoms with Crippen molar-refractivity contribution in [3.63, 3.8) is 0 Å². The summed E-state index contributed by atoms with van der Waals surface area (Å²) in [4.78, 5) is 16.8. The first-order valence-corrected chi connectivity index (χ1v) is 8.90. The molecule has 0 atom stereocenters. The SMILES string of the molecule is COCc1cc(CN2CCCN(C(=O)c3ccoc3)CC2)ccc1OC. The van der Waals surface area contributed by atoms with E-state index in [0.717, 1.165) is 50.5 Å². The number of hydrogen-bond acceptors (Lipinski definition) is 5. The second kappa shape index (κ2) is 8.87. The van der Waals surface area contributed by atoms with Crippen LogP contribution in [-0.4, -0.2) is 56.1 Å². The van der Waals surface area contributed by atoms with Gasteiger partial charge in [0, 0.05) is 45.4 Å². The smallest absolute Gasteiger partial charge is 0.257 e. The van der Waals surface area contributed by atoms with Crippen LogP contribution in [0.3, 0.4) is 0 Å². The molecule has 0 unspecified atom stereocenters. The van der Waals surface area contributed by atoms with Crippen LogP contribution < -0.4 is 4.74 Å². The molecule has 0 N–H and O–H groups in total. The van der Waals surface area contributed by atoms with E-state index in [1.807, 2.05) is 11.0 Å². The lowest BCUT2D eigenvalue weighted by Crippen LogP contribution is -2.34. The Hall–Kier alpha value is -2.31. The monoisotopic (exact) mass is 358 g/mol. The molecule has 1 aromatic carbocycles. The third-order valence-corrected chi connectivity index (χ3v) is 4.69. The number of rotatable bonds is 6. The molecule has 1 saturated heterocycles. The fourth-order valence-electron chi connectivity index (χ4n) is 3.36. The summed E-state index contributed by atoms with van der Waals surface area (Å²) in [6.07, 6.45) is 4.02. The second-order valence-corrected chi connectivity index (χ2v) is 6.51. The highest BCUT2D eigenvalue weighted by molar-refractivity contribution is 5.93. The maximum atomic E-state index is 12.5. The van der Waals surface area contributed by atoms with Gasteiger partial charge in [-0.1, -0.05) is 6.07 Å². The molecule has 0 spiro atoms. The molecule has 140 valence electrons. The lowest BCUT2D eigenvalue weighted by atomic mass is 10.1. The van der Waals surface area contributed by atoms with Gasteiger partial charge in [0.15, 0.2) is 0 Å². The van der Waals surface area contributed by atoms with Crippen molar-refractivity contribution in [1.29, 1.82) is 0 Å². The van der Waals surface area contributed by atoms with Crippen LogP contribution in [0.5, 0.6) is 5.75 Å². The van der Waals surface area contributed by atoms with Crippen molar-refractivity contribution < 1.29 is 18.7 Å². The third-order valence-electron chi connectivity index (χ3n) is 4.69. The Morgan fingerprint density at radius 3 is 2.77 bits per heavy atom. The number of carbonyl (C=O) groups is 1. The summed E-state index contributed by atoms with van der Waals surface area (Å²) in [6, 6.07) is 7.95. The van der Waals surface area contributed by atoms with E-state index in [-0.39, 0.29) is 5.91 Å². The van der Waals surface area contributed by atoms with Crippen molar-refractivity contribution in [1.82, 2.24) is 9.80 Å². The summed E-state index contributed by atoms with van der Waals surface area (Å²) >= 11 is 0. The molecular weight excluding hydrogens is 332 g/mol. The Balaban J connectivity index is 1.61. The molecule has 1 aromatic heterocycles. The number of methoxy groups -OCH3 is 2. The maximum absolute atomic E-state index is 12.5. The molecule has 6 heteroatoms. The highest BCUT2D eigenvalue weighted by Gasteiger charge is 2.21. The predicted octanol–water partition coefficient (Wildman–Crippen LogP) is 2.78. The fourth-order valence-corrected chi connectivity index (χ4v) is 3.36. The van der Waals surface area contributed by atoms with Crippen molar-refractivity contribution >= 4 is 5.91 Å². The normalized spacial score (nSPS) is 15.7. The van der Waals surface area contributed by atoms with Gasteiger partial charge in [-0.05, 0) is 30.2 Å². The van der Waals surface area contributed by atoms with Crippen LogP contribution in [0.4, 0.5) is 0 Å². The predicted molar refractivity (Wildman–Crippen MR) is 98.2 cm³/mol. The number of furan rings is 1. The van der Waals surface area contributed by atoms with E-state index in [1.54, 1.807) is 26.5 Å². The van der Waals surface area contributed by atoms with E-state index in [2.05, 4.69) is 17.0 Å². The standard InChI is InChI=1S/C20H26N2O4/c1-24-14-18-12-16(4-5-19(18)25-2)13-21-7-3-8-22(10-9-21)20(23)17-6-11-26-15-17/h4-6,11-12,15H,3,7-10,13-14H2,1-2H3. The Kier molecular flexibility index (Phi) is 6.30. The van der Waals surface area contributed by atoms with Gasteiger partial charge in [0.1, 0.15) is 12.0 Å². The quantitative estimate of drug-likeness (QED) is 0.795. The van der Waals surface area contributed by atoms with Gasteiger partial charge >= 0.3 is 0 Å². The molecule has 2 aromatic rings. The van der Waals surface area contributed by atoms with E-state index in [1.165, 1.54) is 11.8 Å². The van der Waals surface area contributed by atoms with Crippen LogP contribution in [0.1, 0.15) is 27.9 Å². The van der Waals surface area contributed by atoms with Crippen LogP contribution in [-0.2, 0) is 17.9 Å². The molecule has 1 fully saturated rings. The van der Waals surface area contributed by atoms with E-state index in [0.29, 0.717) is 12.2 Å². The van der Waals surface area contributed by atoms with Crippen LogP contribution in [0.15, 0.2) is 41.2 Å². The van der Waals surface area contributed by atoms with Crippen molar-refractivity contribution in [3.8, 4) is 5.75 Å². The lowest BCUT2D eigenvalue weighted by molar-refractivity contribution is 0.0760. The highest BCUT2D eigenvalue weighted by atomic mass is 16.5. The van der Waals surface area contributed by atoms with Crippen LogP contribution in [0.2, 0.25) is 0 Å². The molecule has 0 aliphatic carbocycles. The summed E-state index contributed by atoms with van der Waals surface area (Å²) in [5.74, 6) is 0.899. The third kappa shape index (κ3) is 4.45. The zero-order chi connectivity index (χ0) is 18.4. The van der Waals surface area contributed by atoms with Gasteiger partial charge in [0.25, 0.3) is 5.91 Å². The number of hydrogen-bond donors (Lipinski definition) is 0. The molecule has 6 nitrogen and oxygen atoms in total. The van der Waals surface area contributed by atoms with Crippen molar-refractivity contribution in [3.05, 3.63) is 53.5 Å². The van der Waals surface area contributed by atoms with Gasteiger partial charge < -0.3 is 18.8 Å². The summed E-state index contributed by atoms with van der Waals surface area (Å²) in [6.45, 7) is 4.72. The van der Waals surface area contributed by atoms with Crippen molar-refractivity contribution in [2.24, 2.45) is 0 Å². The molecule has 1 aliphatic rings. The van der Waals surface area contributed by atoms with Gasteiger partial charge in [-0.25, -0.2) is 0 Å². The van der Waals surface area contributed by atoms with E-state index in [4.69, 9.17) is 13.9 Å². The van der Waals surface area contributed by atoms with Gasteiger partial charge in [0.2, 0.25) is 0 Å². The molecule has 1 amide bonds. The zero-order valence-electron chi connectivity index (χ0n) is 15.4. The second-order valence-electron chi connectivity index (χ2n) is 6.51. The Labute approximate surface area is 154 Å². The largest absolute Gasteiger partial charge is 0.496 e. The number of ether oxygens (including phenoxy) is 2. The summed E-state index contributed by atoms with van der Waals surface area (Å²) in [5, 5.41) is 0. The van der Waals surface area contributed by atoms with Gasteiger partial charge in [-0.2, -0.15) is 0 Å². The minimum atomic E-state index is 0.0485. The lowest BCUT2D eigenvalue weighted by Gasteiger charge is -2.22. The van der Waals surface area contributed by atoms with E-state index < -0.39 is 0 Å². The topological polar surface area (TPSA) is 55.2 Å². The average Bonchev–Trinajstić information content (AvgIpc) is 3.09. The molecule has 0 bridgehead atoms.